The minimum atomic E-state index is -0.0479. The van der Waals surface area contributed by atoms with E-state index in [9.17, 15) is 4.79 Å². The van der Waals surface area contributed by atoms with E-state index in [1.54, 1.807) is 0 Å². The van der Waals surface area contributed by atoms with Crippen LogP contribution in [0.2, 0.25) is 10.0 Å². The highest BCUT2D eigenvalue weighted by molar-refractivity contribution is 6.36. The Labute approximate surface area is 141 Å². The van der Waals surface area contributed by atoms with Gasteiger partial charge in [-0.2, -0.15) is 0 Å². The third-order valence-corrected chi connectivity index (χ3v) is 5.28. The molecule has 22 heavy (non-hydrogen) atoms. The van der Waals surface area contributed by atoms with Gasteiger partial charge < -0.3 is 4.74 Å². The molecule has 1 aromatic carbocycles. The molecule has 1 heterocycles. The molecule has 2 fully saturated rings. The Morgan fingerprint density at radius 1 is 1.23 bits per heavy atom. The normalized spacial score (nSPS) is 21.6. The Morgan fingerprint density at radius 2 is 1.91 bits per heavy atom. The van der Waals surface area contributed by atoms with E-state index in [1.165, 1.54) is 12.8 Å². The Kier molecular flexibility index (Phi) is 5.40. The number of nitrogens with zero attached hydrogens (tertiary/aromatic N) is 1. The zero-order valence-electron chi connectivity index (χ0n) is 12.6. The number of halogens is 2. The van der Waals surface area contributed by atoms with Crippen molar-refractivity contribution in [3.8, 4) is 0 Å². The molecule has 120 valence electrons. The van der Waals surface area contributed by atoms with Crippen LogP contribution in [-0.2, 0) is 9.53 Å². The molecule has 1 aliphatic carbocycles. The Hall–Kier alpha value is -0.610. The Bertz CT molecular complexity index is 523. The number of Topliss-reactive ketones (excluding diaryl/α,β-unsaturated/α-hetero) is 1. The van der Waals surface area contributed by atoms with Crippen molar-refractivity contribution in [2.45, 2.75) is 44.2 Å². The van der Waals surface area contributed by atoms with Gasteiger partial charge in [0.2, 0.25) is 0 Å². The van der Waals surface area contributed by atoms with Crippen LogP contribution in [0.1, 0.15) is 43.7 Å². The second kappa shape index (κ2) is 7.31. The fourth-order valence-electron chi connectivity index (χ4n) is 3.40. The van der Waals surface area contributed by atoms with Crippen LogP contribution in [-0.4, -0.2) is 36.5 Å². The first-order chi connectivity index (χ1) is 10.6. The summed E-state index contributed by atoms with van der Waals surface area (Å²) in [7, 11) is 0. The number of benzene rings is 1. The second-order valence-corrected chi connectivity index (χ2v) is 6.96. The van der Waals surface area contributed by atoms with E-state index < -0.39 is 0 Å². The van der Waals surface area contributed by atoms with E-state index in [0.717, 1.165) is 24.9 Å². The summed E-state index contributed by atoms with van der Waals surface area (Å²) in [6.45, 7) is 1.75. The number of carbonyl (C=O) groups excluding carboxylic acids is 1. The number of hydrogen-bond acceptors (Lipinski definition) is 3. The Balaban J connectivity index is 1.80. The van der Waals surface area contributed by atoms with Crippen LogP contribution in [0.4, 0.5) is 0 Å². The van der Waals surface area contributed by atoms with Crippen molar-refractivity contribution < 1.29 is 9.53 Å². The summed E-state index contributed by atoms with van der Waals surface area (Å²) in [5, 5.41) is 1.29. The number of carbonyl (C=O) groups is 1. The summed E-state index contributed by atoms with van der Waals surface area (Å²) in [6.07, 6.45) is 5.67. The summed E-state index contributed by atoms with van der Waals surface area (Å²) >= 11 is 12.8. The SMILES string of the molecule is O=C1CCN(C(COC2CCCC2)c2c(Cl)cccc2Cl)C1. The minimum Gasteiger partial charge on any atom is -0.376 e. The zero-order valence-corrected chi connectivity index (χ0v) is 14.1. The predicted octanol–water partition coefficient (Wildman–Crippen LogP) is 4.27. The average molecular weight is 342 g/mol. The molecule has 2 aliphatic rings. The van der Waals surface area contributed by atoms with Gasteiger partial charge in [-0.25, -0.2) is 0 Å². The van der Waals surface area contributed by atoms with Gasteiger partial charge >= 0.3 is 0 Å². The smallest absolute Gasteiger partial charge is 0.148 e. The first kappa shape index (κ1) is 16.3. The third-order valence-electron chi connectivity index (χ3n) is 4.62. The molecule has 1 saturated heterocycles. The van der Waals surface area contributed by atoms with Gasteiger partial charge in [-0.1, -0.05) is 42.1 Å². The van der Waals surface area contributed by atoms with Crippen molar-refractivity contribution >= 4 is 29.0 Å². The summed E-state index contributed by atoms with van der Waals surface area (Å²) in [5.41, 5.74) is 0.888. The van der Waals surface area contributed by atoms with Crippen molar-refractivity contribution in [3.05, 3.63) is 33.8 Å². The Morgan fingerprint density at radius 3 is 2.50 bits per heavy atom. The number of likely N-dealkylation sites (tertiary alicyclic amines) is 1. The maximum atomic E-state index is 11.7. The summed E-state index contributed by atoms with van der Waals surface area (Å²) < 4.78 is 6.11. The van der Waals surface area contributed by atoms with Crippen molar-refractivity contribution in [2.75, 3.05) is 19.7 Å². The van der Waals surface area contributed by atoms with Crippen molar-refractivity contribution in [3.63, 3.8) is 0 Å². The molecule has 1 unspecified atom stereocenters. The lowest BCUT2D eigenvalue weighted by Gasteiger charge is -2.29. The monoisotopic (exact) mass is 341 g/mol. The second-order valence-electron chi connectivity index (χ2n) is 6.15. The molecule has 1 atom stereocenters. The molecule has 0 spiro atoms. The first-order valence-electron chi connectivity index (χ1n) is 7.96. The summed E-state index contributed by atoms with van der Waals surface area (Å²) in [5.74, 6) is 0.272. The van der Waals surface area contributed by atoms with Crippen molar-refractivity contribution in [2.24, 2.45) is 0 Å². The minimum absolute atomic E-state index is 0.0479. The number of ether oxygens (including phenoxy) is 1. The fourth-order valence-corrected chi connectivity index (χ4v) is 4.05. The number of hydrogen-bond donors (Lipinski definition) is 0. The molecule has 1 saturated carbocycles. The van der Waals surface area contributed by atoms with Crippen LogP contribution in [0.3, 0.4) is 0 Å². The van der Waals surface area contributed by atoms with Gasteiger partial charge in [0.1, 0.15) is 5.78 Å². The average Bonchev–Trinajstić information content (AvgIpc) is 3.13. The van der Waals surface area contributed by atoms with Gasteiger partial charge in [0.05, 0.1) is 25.3 Å². The molecule has 0 N–H and O–H groups in total. The lowest BCUT2D eigenvalue weighted by atomic mass is 10.1. The van der Waals surface area contributed by atoms with Crippen LogP contribution in [0.5, 0.6) is 0 Å². The molecule has 1 aromatic rings. The first-order valence-corrected chi connectivity index (χ1v) is 8.72. The maximum absolute atomic E-state index is 11.7. The van der Waals surface area contributed by atoms with Crippen LogP contribution in [0.15, 0.2) is 18.2 Å². The highest BCUT2D eigenvalue weighted by atomic mass is 35.5. The van der Waals surface area contributed by atoms with E-state index >= 15 is 0 Å². The van der Waals surface area contributed by atoms with Crippen molar-refractivity contribution in [1.29, 1.82) is 0 Å². The van der Waals surface area contributed by atoms with E-state index in [-0.39, 0.29) is 11.8 Å². The van der Waals surface area contributed by atoms with Crippen molar-refractivity contribution in [1.82, 2.24) is 4.90 Å². The molecular formula is C17H21Cl2NO2. The van der Waals surface area contributed by atoms with Gasteiger partial charge in [0, 0.05) is 28.6 Å². The van der Waals surface area contributed by atoms with Gasteiger partial charge in [-0.15, -0.1) is 0 Å². The predicted molar refractivity (Wildman–Crippen MR) is 88.6 cm³/mol. The standard InChI is InChI=1S/C17H21Cl2NO2/c18-14-6-3-7-15(19)17(14)16(20-9-8-12(21)10-20)11-22-13-4-1-2-5-13/h3,6-7,13,16H,1-2,4-5,8-11H2. The molecule has 5 heteroatoms. The molecule has 0 bridgehead atoms. The van der Waals surface area contributed by atoms with Crippen LogP contribution in [0.25, 0.3) is 0 Å². The van der Waals surface area contributed by atoms with E-state index in [0.29, 0.717) is 35.7 Å². The molecule has 1 aliphatic heterocycles. The van der Waals surface area contributed by atoms with Crippen LogP contribution < -0.4 is 0 Å². The molecular weight excluding hydrogens is 321 g/mol. The maximum Gasteiger partial charge on any atom is 0.148 e. The fraction of sp³-hybridized carbons (Fsp3) is 0.588. The number of ketones is 1. The molecule has 0 aromatic heterocycles. The van der Waals surface area contributed by atoms with E-state index in [4.69, 9.17) is 27.9 Å². The third kappa shape index (κ3) is 3.65. The molecule has 3 rings (SSSR count). The molecule has 0 radical (unpaired) electrons. The van der Waals surface area contributed by atoms with E-state index in [2.05, 4.69) is 4.90 Å². The van der Waals surface area contributed by atoms with Crippen LogP contribution >= 0.6 is 23.2 Å². The zero-order chi connectivity index (χ0) is 15.5. The van der Waals surface area contributed by atoms with Crippen LogP contribution in [0, 0.1) is 0 Å². The quantitative estimate of drug-likeness (QED) is 0.800. The van der Waals surface area contributed by atoms with Gasteiger partial charge in [-0.05, 0) is 25.0 Å². The topological polar surface area (TPSA) is 29.5 Å². The van der Waals surface area contributed by atoms with Gasteiger partial charge in [-0.3, -0.25) is 9.69 Å². The molecule has 3 nitrogen and oxygen atoms in total. The lowest BCUT2D eigenvalue weighted by molar-refractivity contribution is -0.117. The largest absolute Gasteiger partial charge is 0.376 e. The highest BCUT2D eigenvalue weighted by Gasteiger charge is 2.31. The summed E-state index contributed by atoms with van der Waals surface area (Å²) in [4.78, 5) is 13.8. The summed E-state index contributed by atoms with van der Waals surface area (Å²) in [6, 6.07) is 5.50. The highest BCUT2D eigenvalue weighted by Crippen LogP contribution is 2.36. The van der Waals surface area contributed by atoms with Gasteiger partial charge in [0.15, 0.2) is 0 Å². The number of rotatable bonds is 5. The van der Waals surface area contributed by atoms with Gasteiger partial charge in [0.25, 0.3) is 0 Å². The van der Waals surface area contributed by atoms with E-state index in [1.807, 2.05) is 18.2 Å². The lowest BCUT2D eigenvalue weighted by Crippen LogP contribution is -2.31. The molecule has 0 amide bonds.